The summed E-state index contributed by atoms with van der Waals surface area (Å²) in [6, 6.07) is 13.8. The molecule has 0 aliphatic rings. The van der Waals surface area contributed by atoms with Gasteiger partial charge in [0.1, 0.15) is 0 Å². The van der Waals surface area contributed by atoms with E-state index in [1.54, 1.807) is 36.4 Å². The average Bonchev–Trinajstić information content (AvgIpc) is 2.55. The highest BCUT2D eigenvalue weighted by Crippen LogP contribution is 2.15. The van der Waals surface area contributed by atoms with Crippen molar-refractivity contribution in [1.82, 2.24) is 0 Å². The first kappa shape index (κ1) is 18.2. The lowest BCUT2D eigenvalue weighted by molar-refractivity contribution is 0.0488. The van der Waals surface area contributed by atoms with Gasteiger partial charge in [-0.05, 0) is 60.9 Å². The molecule has 0 spiro atoms. The molecule has 0 aliphatic heterocycles. The van der Waals surface area contributed by atoms with E-state index in [1.165, 1.54) is 0 Å². The van der Waals surface area contributed by atoms with E-state index in [4.69, 9.17) is 4.74 Å². The van der Waals surface area contributed by atoms with Crippen molar-refractivity contribution < 1.29 is 14.3 Å². The van der Waals surface area contributed by atoms with Gasteiger partial charge in [-0.1, -0.05) is 29.8 Å². The van der Waals surface area contributed by atoms with Crippen molar-refractivity contribution in [1.29, 1.82) is 0 Å². The molecule has 5 heteroatoms. The molecule has 0 saturated carbocycles. The summed E-state index contributed by atoms with van der Waals surface area (Å²) in [7, 11) is 0. The number of ether oxygens (including phenoxy) is 1. The van der Waals surface area contributed by atoms with Gasteiger partial charge in [-0.2, -0.15) is 0 Å². The second-order valence-electron chi connectivity index (χ2n) is 5.86. The van der Waals surface area contributed by atoms with Crippen LogP contribution < -0.4 is 5.32 Å². The number of hydrogen-bond acceptors (Lipinski definition) is 3. The van der Waals surface area contributed by atoms with E-state index in [1.807, 2.05) is 12.1 Å². The van der Waals surface area contributed by atoms with Gasteiger partial charge < -0.3 is 10.1 Å². The predicted molar refractivity (Wildman–Crippen MR) is 98.3 cm³/mol. The number of hydrogen-bond donors (Lipinski definition) is 1. The van der Waals surface area contributed by atoms with Crippen LogP contribution in [0.15, 0.2) is 53.0 Å². The van der Waals surface area contributed by atoms with Gasteiger partial charge in [-0.3, -0.25) is 4.79 Å². The monoisotopic (exact) mass is 389 g/mol. The molecule has 2 aromatic carbocycles. The Labute approximate surface area is 150 Å². The number of anilines is 1. The van der Waals surface area contributed by atoms with Gasteiger partial charge in [0.15, 0.2) is 0 Å². The van der Waals surface area contributed by atoms with Gasteiger partial charge >= 0.3 is 5.97 Å². The Morgan fingerprint density at radius 2 is 1.58 bits per heavy atom. The van der Waals surface area contributed by atoms with E-state index in [9.17, 15) is 9.59 Å². The van der Waals surface area contributed by atoms with Gasteiger partial charge in [0.25, 0.3) is 5.91 Å². The topological polar surface area (TPSA) is 55.4 Å². The Morgan fingerprint density at radius 1 is 1.00 bits per heavy atom. The number of nitrogens with one attached hydrogen (secondary N) is 1. The van der Waals surface area contributed by atoms with Crippen LogP contribution in [0.2, 0.25) is 0 Å². The smallest absolute Gasteiger partial charge is 0.338 e. The SMILES string of the molecule is CC(C)CCOC(=O)c1ccc(NC(=O)c2ccc(Br)cc2)cc1. The van der Waals surface area contributed by atoms with Crippen LogP contribution in [0, 0.1) is 5.92 Å². The Balaban J connectivity index is 1.93. The second-order valence-corrected chi connectivity index (χ2v) is 6.77. The van der Waals surface area contributed by atoms with E-state index in [0.717, 1.165) is 10.9 Å². The highest BCUT2D eigenvalue weighted by atomic mass is 79.9. The van der Waals surface area contributed by atoms with Gasteiger partial charge in [-0.25, -0.2) is 4.79 Å². The summed E-state index contributed by atoms with van der Waals surface area (Å²) in [5.41, 5.74) is 1.66. The fourth-order valence-corrected chi connectivity index (χ4v) is 2.23. The molecule has 24 heavy (non-hydrogen) atoms. The van der Waals surface area contributed by atoms with E-state index in [0.29, 0.717) is 29.3 Å². The quantitative estimate of drug-likeness (QED) is 0.714. The van der Waals surface area contributed by atoms with Crippen molar-refractivity contribution in [3.8, 4) is 0 Å². The minimum Gasteiger partial charge on any atom is -0.462 e. The maximum absolute atomic E-state index is 12.1. The highest BCUT2D eigenvalue weighted by Gasteiger charge is 2.09. The van der Waals surface area contributed by atoms with Crippen LogP contribution in [0.5, 0.6) is 0 Å². The number of amides is 1. The van der Waals surface area contributed by atoms with Crippen LogP contribution in [0.25, 0.3) is 0 Å². The summed E-state index contributed by atoms with van der Waals surface area (Å²) < 4.78 is 6.13. The summed E-state index contributed by atoms with van der Waals surface area (Å²) in [4.78, 5) is 24.0. The molecule has 0 saturated heterocycles. The van der Waals surface area contributed by atoms with Crippen molar-refractivity contribution in [3.05, 3.63) is 64.1 Å². The minimum absolute atomic E-state index is 0.199. The Morgan fingerprint density at radius 3 is 2.17 bits per heavy atom. The van der Waals surface area contributed by atoms with Crippen molar-refractivity contribution in [2.24, 2.45) is 5.92 Å². The minimum atomic E-state index is -0.346. The van der Waals surface area contributed by atoms with Crippen molar-refractivity contribution in [2.75, 3.05) is 11.9 Å². The van der Waals surface area contributed by atoms with Crippen LogP contribution in [0.3, 0.4) is 0 Å². The number of benzene rings is 2. The molecule has 0 unspecified atom stereocenters. The van der Waals surface area contributed by atoms with Crippen LogP contribution in [0.1, 0.15) is 41.0 Å². The molecule has 2 rings (SSSR count). The molecule has 126 valence electrons. The van der Waals surface area contributed by atoms with Crippen LogP contribution in [-0.2, 0) is 4.74 Å². The van der Waals surface area contributed by atoms with Gasteiger partial charge in [0.2, 0.25) is 0 Å². The second kappa shape index (κ2) is 8.64. The molecule has 0 aromatic heterocycles. The van der Waals surface area contributed by atoms with Crippen LogP contribution in [0.4, 0.5) is 5.69 Å². The molecule has 1 amide bonds. The molecule has 0 bridgehead atoms. The Hall–Kier alpha value is -2.14. The number of carbonyl (C=O) groups is 2. The predicted octanol–water partition coefficient (Wildman–Crippen LogP) is 4.90. The zero-order valence-corrected chi connectivity index (χ0v) is 15.3. The molecule has 2 aromatic rings. The third-order valence-corrected chi connectivity index (χ3v) is 3.94. The third-order valence-electron chi connectivity index (χ3n) is 3.41. The van der Waals surface area contributed by atoms with Crippen molar-refractivity contribution in [3.63, 3.8) is 0 Å². The fraction of sp³-hybridized carbons (Fsp3) is 0.263. The molecule has 1 N–H and O–H groups in total. The molecule has 4 nitrogen and oxygen atoms in total. The van der Waals surface area contributed by atoms with Crippen molar-refractivity contribution in [2.45, 2.75) is 20.3 Å². The lowest BCUT2D eigenvalue weighted by Crippen LogP contribution is -2.12. The highest BCUT2D eigenvalue weighted by molar-refractivity contribution is 9.10. The summed E-state index contributed by atoms with van der Waals surface area (Å²) >= 11 is 3.33. The maximum atomic E-state index is 12.1. The lowest BCUT2D eigenvalue weighted by atomic mass is 10.1. The van der Waals surface area contributed by atoms with Crippen molar-refractivity contribution >= 4 is 33.5 Å². The summed E-state index contributed by atoms with van der Waals surface area (Å²) in [5.74, 6) is -0.0507. The number of carbonyl (C=O) groups excluding carboxylic acids is 2. The summed E-state index contributed by atoms with van der Waals surface area (Å²) in [6.07, 6.45) is 0.840. The van der Waals surface area contributed by atoms with Crippen LogP contribution >= 0.6 is 15.9 Å². The fourth-order valence-electron chi connectivity index (χ4n) is 1.96. The molecule has 0 fully saturated rings. The number of halogens is 1. The van der Waals surface area contributed by atoms with E-state index < -0.39 is 0 Å². The first-order chi connectivity index (χ1) is 11.5. The number of esters is 1. The number of rotatable bonds is 6. The molecular formula is C19H20BrNO3. The van der Waals surface area contributed by atoms with Gasteiger partial charge in [0.05, 0.1) is 12.2 Å². The molecule has 0 aliphatic carbocycles. The molecular weight excluding hydrogens is 370 g/mol. The third kappa shape index (κ3) is 5.49. The maximum Gasteiger partial charge on any atom is 0.338 e. The largest absolute Gasteiger partial charge is 0.462 e. The lowest BCUT2D eigenvalue weighted by Gasteiger charge is -2.08. The zero-order valence-electron chi connectivity index (χ0n) is 13.7. The molecule has 0 heterocycles. The average molecular weight is 390 g/mol. The standard InChI is InChI=1S/C19H20BrNO3/c1-13(2)11-12-24-19(23)15-5-9-17(10-6-15)21-18(22)14-3-7-16(20)8-4-14/h3-10,13H,11-12H2,1-2H3,(H,21,22). The normalized spacial score (nSPS) is 10.5. The van der Waals surface area contributed by atoms with E-state index in [-0.39, 0.29) is 11.9 Å². The molecule has 0 radical (unpaired) electrons. The Kier molecular flexibility index (Phi) is 6.55. The Bertz CT molecular complexity index is 694. The van der Waals surface area contributed by atoms with Gasteiger partial charge in [-0.15, -0.1) is 0 Å². The van der Waals surface area contributed by atoms with E-state index in [2.05, 4.69) is 35.1 Å². The summed E-state index contributed by atoms with van der Waals surface area (Å²) in [6.45, 7) is 4.58. The first-order valence-electron chi connectivity index (χ1n) is 7.80. The molecule has 0 atom stereocenters. The van der Waals surface area contributed by atoms with Gasteiger partial charge in [0, 0.05) is 15.7 Å². The summed E-state index contributed by atoms with van der Waals surface area (Å²) in [5, 5.41) is 2.80. The zero-order chi connectivity index (χ0) is 17.5. The van der Waals surface area contributed by atoms with Crippen LogP contribution in [-0.4, -0.2) is 18.5 Å². The van der Waals surface area contributed by atoms with E-state index >= 15 is 0 Å². The first-order valence-corrected chi connectivity index (χ1v) is 8.59.